The number of hydrogen-bond donors (Lipinski definition) is 1. The number of rotatable bonds is 10. The summed E-state index contributed by atoms with van der Waals surface area (Å²) in [6.45, 7) is 6.91. The maximum Gasteiger partial charge on any atom is 0.243 e. The van der Waals surface area contributed by atoms with E-state index in [0.29, 0.717) is 26.1 Å². The number of amides is 2. The molecule has 0 saturated heterocycles. The van der Waals surface area contributed by atoms with Gasteiger partial charge in [-0.25, -0.2) is 0 Å². The summed E-state index contributed by atoms with van der Waals surface area (Å²) in [7, 11) is 1.64. The number of para-hydroxylation sites is 1. The van der Waals surface area contributed by atoms with E-state index in [1.165, 1.54) is 4.90 Å². The number of aryl methyl sites for hydroxylation is 2. The van der Waals surface area contributed by atoms with E-state index >= 15 is 0 Å². The van der Waals surface area contributed by atoms with E-state index in [2.05, 4.69) is 5.32 Å². The molecule has 0 saturated carbocycles. The zero-order valence-corrected chi connectivity index (χ0v) is 17.7. The van der Waals surface area contributed by atoms with Crippen molar-refractivity contribution in [2.24, 2.45) is 0 Å². The summed E-state index contributed by atoms with van der Waals surface area (Å²) in [4.78, 5) is 26.0. The van der Waals surface area contributed by atoms with Gasteiger partial charge in [-0.15, -0.1) is 0 Å². The second kappa shape index (κ2) is 11.1. The molecule has 1 N–H and O–H groups in total. The van der Waals surface area contributed by atoms with Crippen molar-refractivity contribution < 1.29 is 19.1 Å². The van der Waals surface area contributed by atoms with Crippen LogP contribution >= 0.6 is 0 Å². The van der Waals surface area contributed by atoms with E-state index < -0.39 is 0 Å². The minimum absolute atomic E-state index is 0.0202. The predicted octanol–water partition coefficient (Wildman–Crippen LogP) is 3.96. The van der Waals surface area contributed by atoms with E-state index in [1.807, 2.05) is 63.2 Å². The number of likely N-dealkylation sites (N-methyl/N-ethyl adjacent to an activating group) is 1. The van der Waals surface area contributed by atoms with Gasteiger partial charge >= 0.3 is 0 Å². The fraction of sp³-hybridized carbons (Fsp3) is 0.391. The van der Waals surface area contributed by atoms with Gasteiger partial charge in [0, 0.05) is 19.2 Å². The van der Waals surface area contributed by atoms with Crippen LogP contribution in [0.3, 0.4) is 0 Å². The second-order valence-electron chi connectivity index (χ2n) is 6.92. The third-order valence-corrected chi connectivity index (χ3v) is 4.49. The predicted molar refractivity (Wildman–Crippen MR) is 115 cm³/mol. The van der Waals surface area contributed by atoms with Gasteiger partial charge in [-0.1, -0.05) is 18.2 Å². The monoisotopic (exact) mass is 398 g/mol. The summed E-state index contributed by atoms with van der Waals surface area (Å²) >= 11 is 0. The van der Waals surface area contributed by atoms with Crippen molar-refractivity contribution in [3.63, 3.8) is 0 Å². The Labute approximate surface area is 172 Å². The number of nitrogens with one attached hydrogen (secondary N) is 1. The highest BCUT2D eigenvalue weighted by atomic mass is 16.5. The number of carbonyl (C=O) groups excluding carboxylic acids is 2. The van der Waals surface area contributed by atoms with Crippen molar-refractivity contribution in [2.75, 3.05) is 32.1 Å². The van der Waals surface area contributed by atoms with Crippen molar-refractivity contribution in [3.8, 4) is 11.5 Å². The first-order valence-corrected chi connectivity index (χ1v) is 9.86. The van der Waals surface area contributed by atoms with Gasteiger partial charge in [-0.3, -0.25) is 9.59 Å². The number of ether oxygens (including phenoxy) is 2. The van der Waals surface area contributed by atoms with Gasteiger partial charge in [0.05, 0.1) is 19.8 Å². The molecule has 2 amide bonds. The van der Waals surface area contributed by atoms with Crippen molar-refractivity contribution in [1.82, 2.24) is 4.90 Å². The molecule has 29 heavy (non-hydrogen) atoms. The Balaban J connectivity index is 1.71. The first kappa shape index (κ1) is 22.3. The first-order valence-electron chi connectivity index (χ1n) is 9.86. The van der Waals surface area contributed by atoms with Crippen molar-refractivity contribution in [1.29, 1.82) is 0 Å². The Bertz CT molecular complexity index is 798. The topological polar surface area (TPSA) is 67.9 Å². The largest absolute Gasteiger partial charge is 0.494 e. The van der Waals surface area contributed by atoms with E-state index in [0.717, 1.165) is 28.3 Å². The SMILES string of the molecule is CCOc1ccc(OCCCC(=O)N(C)CC(=O)Nc2c(C)cccc2C)cc1. The normalized spacial score (nSPS) is 10.3. The summed E-state index contributed by atoms with van der Waals surface area (Å²) in [5, 5.41) is 2.90. The molecule has 0 fully saturated rings. The molecule has 6 heteroatoms. The van der Waals surface area contributed by atoms with Crippen LogP contribution in [0.1, 0.15) is 30.9 Å². The molecule has 2 rings (SSSR count). The molecule has 2 aromatic carbocycles. The molecule has 6 nitrogen and oxygen atoms in total. The van der Waals surface area contributed by atoms with Crippen LogP contribution < -0.4 is 14.8 Å². The summed E-state index contributed by atoms with van der Waals surface area (Å²) in [5.41, 5.74) is 2.81. The number of hydrogen-bond acceptors (Lipinski definition) is 4. The quantitative estimate of drug-likeness (QED) is 0.615. The van der Waals surface area contributed by atoms with Crippen molar-refractivity contribution in [2.45, 2.75) is 33.6 Å². The molecule has 0 atom stereocenters. The van der Waals surface area contributed by atoms with E-state index in [9.17, 15) is 9.59 Å². The maximum absolute atomic E-state index is 12.3. The lowest BCUT2D eigenvalue weighted by Gasteiger charge is -2.18. The van der Waals surface area contributed by atoms with Gasteiger partial charge in [0.2, 0.25) is 11.8 Å². The molecule has 0 aliphatic carbocycles. The van der Waals surface area contributed by atoms with Crippen LogP contribution in [0.4, 0.5) is 5.69 Å². The lowest BCUT2D eigenvalue weighted by atomic mass is 10.1. The zero-order valence-electron chi connectivity index (χ0n) is 17.7. The average molecular weight is 399 g/mol. The molecule has 0 unspecified atom stereocenters. The molecular formula is C23H30N2O4. The number of carbonyl (C=O) groups is 2. The first-order chi connectivity index (χ1) is 13.9. The van der Waals surface area contributed by atoms with Crippen LogP contribution in [0.25, 0.3) is 0 Å². The zero-order chi connectivity index (χ0) is 21.2. The average Bonchev–Trinajstić information content (AvgIpc) is 2.69. The maximum atomic E-state index is 12.3. The van der Waals surface area contributed by atoms with Crippen LogP contribution in [0, 0.1) is 13.8 Å². The van der Waals surface area contributed by atoms with Crippen LogP contribution in [-0.4, -0.2) is 43.5 Å². The smallest absolute Gasteiger partial charge is 0.243 e. The number of anilines is 1. The van der Waals surface area contributed by atoms with E-state index in [1.54, 1.807) is 7.05 Å². The Morgan fingerprint density at radius 2 is 1.55 bits per heavy atom. The minimum atomic E-state index is -0.205. The lowest BCUT2D eigenvalue weighted by molar-refractivity contribution is -0.133. The Morgan fingerprint density at radius 1 is 0.966 bits per heavy atom. The van der Waals surface area contributed by atoms with Crippen LogP contribution in [0.5, 0.6) is 11.5 Å². The molecule has 0 radical (unpaired) electrons. The summed E-state index contributed by atoms with van der Waals surface area (Å²) in [5.74, 6) is 1.25. The van der Waals surface area contributed by atoms with Gasteiger partial charge in [-0.05, 0) is 62.6 Å². The third kappa shape index (κ3) is 7.14. The molecule has 0 aliphatic heterocycles. The molecule has 0 heterocycles. The molecule has 0 spiro atoms. The van der Waals surface area contributed by atoms with Crippen molar-refractivity contribution >= 4 is 17.5 Å². The van der Waals surface area contributed by atoms with Crippen LogP contribution in [0.2, 0.25) is 0 Å². The molecular weight excluding hydrogens is 368 g/mol. The van der Waals surface area contributed by atoms with Gasteiger partial charge in [0.25, 0.3) is 0 Å². The molecule has 156 valence electrons. The van der Waals surface area contributed by atoms with E-state index in [4.69, 9.17) is 9.47 Å². The molecule has 0 aromatic heterocycles. The third-order valence-electron chi connectivity index (χ3n) is 4.49. The van der Waals surface area contributed by atoms with Gasteiger partial charge in [-0.2, -0.15) is 0 Å². The number of nitrogens with zero attached hydrogens (tertiary/aromatic N) is 1. The minimum Gasteiger partial charge on any atom is -0.494 e. The Morgan fingerprint density at radius 3 is 2.14 bits per heavy atom. The molecule has 0 aliphatic rings. The highest BCUT2D eigenvalue weighted by Gasteiger charge is 2.14. The van der Waals surface area contributed by atoms with Gasteiger partial charge in [0.1, 0.15) is 11.5 Å². The number of benzene rings is 2. The fourth-order valence-corrected chi connectivity index (χ4v) is 2.90. The van der Waals surface area contributed by atoms with E-state index in [-0.39, 0.29) is 18.4 Å². The molecule has 2 aromatic rings. The summed E-state index contributed by atoms with van der Waals surface area (Å²) < 4.78 is 11.0. The van der Waals surface area contributed by atoms with Crippen LogP contribution in [0.15, 0.2) is 42.5 Å². The van der Waals surface area contributed by atoms with Crippen LogP contribution in [-0.2, 0) is 9.59 Å². The summed E-state index contributed by atoms with van der Waals surface area (Å²) in [6, 6.07) is 13.2. The van der Waals surface area contributed by atoms with Gasteiger partial charge < -0.3 is 19.7 Å². The highest BCUT2D eigenvalue weighted by Crippen LogP contribution is 2.19. The molecule has 0 bridgehead atoms. The second-order valence-corrected chi connectivity index (χ2v) is 6.92. The fourth-order valence-electron chi connectivity index (χ4n) is 2.90. The Hall–Kier alpha value is -3.02. The Kier molecular flexibility index (Phi) is 8.52. The van der Waals surface area contributed by atoms with Gasteiger partial charge in [0.15, 0.2) is 0 Å². The lowest BCUT2D eigenvalue weighted by Crippen LogP contribution is -2.35. The van der Waals surface area contributed by atoms with Crippen molar-refractivity contribution in [3.05, 3.63) is 53.6 Å². The summed E-state index contributed by atoms with van der Waals surface area (Å²) in [6.07, 6.45) is 0.902. The highest BCUT2D eigenvalue weighted by molar-refractivity contribution is 5.95. The standard InChI is InChI=1S/C23H30N2O4/c1-5-28-19-11-13-20(14-12-19)29-15-7-10-22(27)25(4)16-21(26)24-23-17(2)8-6-9-18(23)3/h6,8-9,11-14H,5,7,10,15-16H2,1-4H3,(H,24,26).